The monoisotopic (exact) mass is 322 g/mol. The number of nitrogens with one attached hydrogen (secondary N) is 1. The Morgan fingerprint density at radius 1 is 1.11 bits per heavy atom. The molecular weight excluding hydrogens is 303 g/mol. The lowest BCUT2D eigenvalue weighted by atomic mass is 10.1. The van der Waals surface area contributed by atoms with Crippen molar-refractivity contribution in [1.82, 2.24) is 10.2 Å². The van der Waals surface area contributed by atoms with E-state index in [9.17, 15) is 0 Å². The summed E-state index contributed by atoms with van der Waals surface area (Å²) >= 11 is 18.2. The van der Waals surface area contributed by atoms with Crippen molar-refractivity contribution in [1.29, 1.82) is 0 Å². The van der Waals surface area contributed by atoms with E-state index in [0.717, 1.165) is 31.7 Å². The van der Waals surface area contributed by atoms with E-state index in [0.29, 0.717) is 0 Å². The fourth-order valence-corrected chi connectivity index (χ4v) is 2.58. The molecule has 0 aromatic heterocycles. The molecule has 0 unspecified atom stereocenters. The van der Waals surface area contributed by atoms with Gasteiger partial charge >= 0.3 is 0 Å². The van der Waals surface area contributed by atoms with Gasteiger partial charge in [0.15, 0.2) is 0 Å². The number of rotatable bonds is 7. The Morgan fingerprint density at radius 2 is 1.68 bits per heavy atom. The molecule has 0 radical (unpaired) electrons. The highest BCUT2D eigenvalue weighted by atomic mass is 35.6. The fourth-order valence-electron chi connectivity index (χ4n) is 1.97. The largest absolute Gasteiger partial charge is 0.305 e. The van der Waals surface area contributed by atoms with Crippen molar-refractivity contribution in [2.75, 3.05) is 26.2 Å². The van der Waals surface area contributed by atoms with Crippen molar-refractivity contribution in [2.24, 2.45) is 0 Å². The summed E-state index contributed by atoms with van der Waals surface area (Å²) in [7, 11) is 0. The maximum absolute atomic E-state index is 6.07. The van der Waals surface area contributed by atoms with Gasteiger partial charge in [-0.05, 0) is 18.7 Å². The van der Waals surface area contributed by atoms with Gasteiger partial charge in [0, 0.05) is 13.1 Å². The molecule has 0 heterocycles. The number of halogens is 3. The van der Waals surface area contributed by atoms with Crippen LogP contribution in [-0.4, -0.2) is 34.9 Å². The molecule has 1 atom stereocenters. The van der Waals surface area contributed by atoms with Crippen LogP contribution in [0.3, 0.4) is 0 Å². The quantitative estimate of drug-likeness (QED) is 0.762. The molecular formula is C14H21Cl3N2. The summed E-state index contributed by atoms with van der Waals surface area (Å²) in [5, 5.41) is 3.34. The first kappa shape index (κ1) is 17.1. The van der Waals surface area contributed by atoms with Crippen LogP contribution in [0.4, 0.5) is 0 Å². The molecule has 0 fully saturated rings. The van der Waals surface area contributed by atoms with Crippen molar-refractivity contribution < 1.29 is 0 Å². The predicted octanol–water partition coefficient (Wildman–Crippen LogP) is 4.03. The van der Waals surface area contributed by atoms with Gasteiger partial charge in [0.05, 0.1) is 6.04 Å². The summed E-state index contributed by atoms with van der Waals surface area (Å²) in [4.78, 5) is 2.33. The smallest absolute Gasteiger partial charge is 0.209 e. The minimum atomic E-state index is -1.36. The molecule has 108 valence electrons. The Labute approximate surface area is 131 Å². The molecule has 0 saturated heterocycles. The number of benzene rings is 1. The summed E-state index contributed by atoms with van der Waals surface area (Å²) in [5.41, 5.74) is 0.988. The molecule has 0 bridgehead atoms. The minimum absolute atomic E-state index is 0.297. The van der Waals surface area contributed by atoms with Crippen LogP contribution in [0.5, 0.6) is 0 Å². The van der Waals surface area contributed by atoms with Gasteiger partial charge in [-0.3, -0.25) is 0 Å². The molecule has 1 rings (SSSR count). The van der Waals surface area contributed by atoms with Gasteiger partial charge in [-0.15, -0.1) is 0 Å². The highest BCUT2D eigenvalue weighted by Crippen LogP contribution is 2.39. The molecule has 2 nitrogen and oxygen atoms in total. The summed E-state index contributed by atoms with van der Waals surface area (Å²) in [6, 6.07) is 9.49. The second-order valence-corrected chi connectivity index (χ2v) is 6.74. The maximum atomic E-state index is 6.07. The third-order valence-corrected chi connectivity index (χ3v) is 3.79. The standard InChI is InChI=1S/C14H21Cl3N2/c1-3-19(4-2)11-10-18-13(14(15,16)17)12-8-6-5-7-9-12/h5-9,13,18H,3-4,10-11H2,1-2H3/t13-/m0/s1. The zero-order chi connectivity index (χ0) is 14.3. The van der Waals surface area contributed by atoms with E-state index in [2.05, 4.69) is 24.1 Å². The fraction of sp³-hybridized carbons (Fsp3) is 0.571. The van der Waals surface area contributed by atoms with Crippen molar-refractivity contribution in [3.8, 4) is 0 Å². The topological polar surface area (TPSA) is 15.3 Å². The minimum Gasteiger partial charge on any atom is -0.305 e. The van der Waals surface area contributed by atoms with Gasteiger partial charge in [0.25, 0.3) is 0 Å². The van der Waals surface area contributed by atoms with Gasteiger partial charge in [-0.2, -0.15) is 0 Å². The van der Waals surface area contributed by atoms with Gasteiger partial charge in [-0.25, -0.2) is 0 Å². The van der Waals surface area contributed by atoms with Gasteiger partial charge in [0.1, 0.15) is 0 Å². The summed E-state index contributed by atoms with van der Waals surface area (Å²) < 4.78 is -1.36. The van der Waals surface area contributed by atoms with E-state index in [1.165, 1.54) is 0 Å². The molecule has 0 amide bonds. The Bertz CT molecular complexity index is 347. The summed E-state index contributed by atoms with van der Waals surface area (Å²) in [6.45, 7) is 8.08. The van der Waals surface area contributed by atoms with E-state index >= 15 is 0 Å². The lowest BCUT2D eigenvalue weighted by molar-refractivity contribution is 0.296. The van der Waals surface area contributed by atoms with Crippen LogP contribution >= 0.6 is 34.8 Å². The molecule has 1 N–H and O–H groups in total. The van der Waals surface area contributed by atoms with Gasteiger partial charge in [-0.1, -0.05) is 79.0 Å². The van der Waals surface area contributed by atoms with E-state index < -0.39 is 3.79 Å². The van der Waals surface area contributed by atoms with Crippen LogP contribution in [0.2, 0.25) is 0 Å². The maximum Gasteiger partial charge on any atom is 0.209 e. The summed E-state index contributed by atoms with van der Waals surface area (Å²) in [5.74, 6) is 0. The first-order valence-electron chi connectivity index (χ1n) is 6.56. The van der Waals surface area contributed by atoms with Crippen molar-refractivity contribution in [3.05, 3.63) is 35.9 Å². The molecule has 1 aromatic carbocycles. The molecule has 0 spiro atoms. The highest BCUT2D eigenvalue weighted by molar-refractivity contribution is 6.68. The van der Waals surface area contributed by atoms with Crippen LogP contribution in [0.25, 0.3) is 0 Å². The Balaban J connectivity index is 2.62. The average Bonchev–Trinajstić information content (AvgIpc) is 2.38. The molecule has 19 heavy (non-hydrogen) atoms. The van der Waals surface area contributed by atoms with Crippen LogP contribution in [-0.2, 0) is 0 Å². The third-order valence-electron chi connectivity index (χ3n) is 3.13. The molecule has 5 heteroatoms. The number of hydrogen-bond donors (Lipinski definition) is 1. The molecule has 0 aliphatic heterocycles. The zero-order valence-electron chi connectivity index (χ0n) is 11.4. The van der Waals surface area contributed by atoms with E-state index in [4.69, 9.17) is 34.8 Å². The SMILES string of the molecule is CCN(CC)CCN[C@@H](c1ccccc1)C(Cl)(Cl)Cl. The van der Waals surface area contributed by atoms with E-state index in [1.54, 1.807) is 0 Å². The second-order valence-electron chi connectivity index (χ2n) is 4.37. The lowest BCUT2D eigenvalue weighted by Crippen LogP contribution is -2.38. The normalized spacial score (nSPS) is 13.8. The molecule has 0 aliphatic rings. The highest BCUT2D eigenvalue weighted by Gasteiger charge is 2.33. The lowest BCUT2D eigenvalue weighted by Gasteiger charge is -2.27. The average molecular weight is 324 g/mol. The number of nitrogens with zero attached hydrogens (tertiary/aromatic N) is 1. The first-order chi connectivity index (χ1) is 8.99. The van der Waals surface area contributed by atoms with Crippen molar-refractivity contribution in [3.63, 3.8) is 0 Å². The number of likely N-dealkylation sites (N-methyl/N-ethyl adjacent to an activating group) is 1. The van der Waals surface area contributed by atoms with Crippen LogP contribution < -0.4 is 5.32 Å². The summed E-state index contributed by atoms with van der Waals surface area (Å²) in [6.07, 6.45) is 0. The van der Waals surface area contributed by atoms with E-state index in [1.807, 2.05) is 30.3 Å². The number of alkyl halides is 3. The first-order valence-corrected chi connectivity index (χ1v) is 7.69. The van der Waals surface area contributed by atoms with Crippen LogP contribution in [0, 0.1) is 0 Å². The third kappa shape index (κ3) is 5.88. The predicted molar refractivity (Wildman–Crippen MR) is 85.3 cm³/mol. The Kier molecular flexibility index (Phi) is 7.48. The zero-order valence-corrected chi connectivity index (χ0v) is 13.6. The molecule has 1 aromatic rings. The Morgan fingerprint density at radius 3 is 2.16 bits per heavy atom. The second kappa shape index (κ2) is 8.33. The van der Waals surface area contributed by atoms with Gasteiger partial charge < -0.3 is 10.2 Å². The molecule has 0 aliphatic carbocycles. The van der Waals surface area contributed by atoms with Crippen LogP contribution in [0.15, 0.2) is 30.3 Å². The van der Waals surface area contributed by atoms with Crippen molar-refractivity contribution in [2.45, 2.75) is 23.7 Å². The van der Waals surface area contributed by atoms with Gasteiger partial charge in [0.2, 0.25) is 3.79 Å². The Hall–Kier alpha value is 0.01000. The number of hydrogen-bond acceptors (Lipinski definition) is 2. The van der Waals surface area contributed by atoms with E-state index in [-0.39, 0.29) is 6.04 Å². The molecule has 0 saturated carbocycles. The van der Waals surface area contributed by atoms with Crippen molar-refractivity contribution >= 4 is 34.8 Å². The van der Waals surface area contributed by atoms with Crippen LogP contribution in [0.1, 0.15) is 25.5 Å².